The summed E-state index contributed by atoms with van der Waals surface area (Å²) in [6.07, 6.45) is -0.779. The summed E-state index contributed by atoms with van der Waals surface area (Å²) in [4.78, 5) is 0. The predicted octanol–water partition coefficient (Wildman–Crippen LogP) is 3.33. The summed E-state index contributed by atoms with van der Waals surface area (Å²) in [7, 11) is 0. The summed E-state index contributed by atoms with van der Waals surface area (Å²) >= 11 is 6.09. The SMILES string of the molecule is Cc1nn(-c2ccc(F)cc2C(C)O)c(C)c1Cl. The summed E-state index contributed by atoms with van der Waals surface area (Å²) in [5, 5.41) is 14.6. The molecule has 96 valence electrons. The van der Waals surface area contributed by atoms with Crippen molar-refractivity contribution in [1.82, 2.24) is 9.78 Å². The van der Waals surface area contributed by atoms with E-state index in [1.54, 1.807) is 24.6 Å². The van der Waals surface area contributed by atoms with Gasteiger partial charge in [-0.25, -0.2) is 9.07 Å². The van der Waals surface area contributed by atoms with E-state index in [1.165, 1.54) is 12.1 Å². The molecule has 1 atom stereocenters. The van der Waals surface area contributed by atoms with Gasteiger partial charge >= 0.3 is 0 Å². The first-order valence-corrected chi connectivity index (χ1v) is 5.99. The number of aromatic nitrogens is 2. The monoisotopic (exact) mass is 268 g/mol. The van der Waals surface area contributed by atoms with Crippen molar-refractivity contribution in [1.29, 1.82) is 0 Å². The molecule has 18 heavy (non-hydrogen) atoms. The van der Waals surface area contributed by atoms with Crippen LogP contribution < -0.4 is 0 Å². The number of rotatable bonds is 2. The quantitative estimate of drug-likeness (QED) is 0.907. The van der Waals surface area contributed by atoms with Crippen molar-refractivity contribution in [2.45, 2.75) is 26.9 Å². The molecule has 0 aliphatic carbocycles. The highest BCUT2D eigenvalue weighted by Crippen LogP contribution is 2.27. The molecule has 1 N–H and O–H groups in total. The highest BCUT2D eigenvalue weighted by molar-refractivity contribution is 6.31. The molecule has 2 aromatic rings. The molecule has 0 saturated heterocycles. The molecule has 0 bridgehead atoms. The van der Waals surface area contributed by atoms with Gasteiger partial charge in [-0.3, -0.25) is 0 Å². The number of hydrogen-bond donors (Lipinski definition) is 1. The number of aliphatic hydroxyl groups is 1. The molecule has 5 heteroatoms. The summed E-state index contributed by atoms with van der Waals surface area (Å²) in [5.41, 5.74) is 2.59. The minimum atomic E-state index is -0.779. The molecule has 0 aliphatic rings. The lowest BCUT2D eigenvalue weighted by Crippen LogP contribution is -2.06. The fourth-order valence-corrected chi connectivity index (χ4v) is 2.03. The number of nitrogens with zero attached hydrogens (tertiary/aromatic N) is 2. The summed E-state index contributed by atoms with van der Waals surface area (Å²) in [5.74, 6) is -0.387. The van der Waals surface area contributed by atoms with Crippen LogP contribution in [0, 0.1) is 19.7 Å². The third kappa shape index (κ3) is 2.13. The van der Waals surface area contributed by atoms with Crippen LogP contribution in [-0.4, -0.2) is 14.9 Å². The van der Waals surface area contributed by atoms with Crippen molar-refractivity contribution in [3.05, 3.63) is 46.0 Å². The van der Waals surface area contributed by atoms with E-state index in [-0.39, 0.29) is 5.82 Å². The molecule has 1 unspecified atom stereocenters. The van der Waals surface area contributed by atoms with Crippen LogP contribution in [0.1, 0.15) is 30.0 Å². The van der Waals surface area contributed by atoms with Gasteiger partial charge in [0.25, 0.3) is 0 Å². The van der Waals surface area contributed by atoms with Gasteiger partial charge < -0.3 is 5.11 Å². The number of aliphatic hydroxyl groups excluding tert-OH is 1. The van der Waals surface area contributed by atoms with E-state index < -0.39 is 6.10 Å². The Kier molecular flexibility index (Phi) is 3.41. The van der Waals surface area contributed by atoms with Gasteiger partial charge in [0.15, 0.2) is 0 Å². The number of hydrogen-bond acceptors (Lipinski definition) is 2. The molecule has 3 nitrogen and oxygen atoms in total. The van der Waals surface area contributed by atoms with E-state index in [4.69, 9.17) is 11.6 Å². The van der Waals surface area contributed by atoms with Crippen molar-refractivity contribution >= 4 is 11.6 Å². The summed E-state index contributed by atoms with van der Waals surface area (Å²) in [6.45, 7) is 5.22. The fraction of sp³-hybridized carbons (Fsp3) is 0.308. The minimum Gasteiger partial charge on any atom is -0.389 e. The molecular weight excluding hydrogens is 255 g/mol. The first-order valence-electron chi connectivity index (χ1n) is 5.61. The maximum atomic E-state index is 13.2. The van der Waals surface area contributed by atoms with Gasteiger partial charge in [0.2, 0.25) is 0 Å². The Morgan fingerprint density at radius 3 is 2.56 bits per heavy atom. The number of aryl methyl sites for hydroxylation is 1. The Hall–Kier alpha value is -1.39. The highest BCUT2D eigenvalue weighted by atomic mass is 35.5. The molecule has 1 aromatic carbocycles. The lowest BCUT2D eigenvalue weighted by molar-refractivity contribution is 0.198. The largest absolute Gasteiger partial charge is 0.389 e. The molecule has 0 amide bonds. The zero-order valence-corrected chi connectivity index (χ0v) is 11.2. The van der Waals surface area contributed by atoms with E-state index in [0.29, 0.717) is 22.0 Å². The van der Waals surface area contributed by atoms with E-state index in [2.05, 4.69) is 5.10 Å². The van der Waals surface area contributed by atoms with E-state index in [1.807, 2.05) is 6.92 Å². The van der Waals surface area contributed by atoms with Crippen molar-refractivity contribution in [3.8, 4) is 5.69 Å². The molecule has 0 saturated carbocycles. The van der Waals surface area contributed by atoms with Gasteiger partial charge in [0.05, 0.1) is 28.2 Å². The Morgan fingerprint density at radius 1 is 1.39 bits per heavy atom. The second-order valence-electron chi connectivity index (χ2n) is 4.28. The van der Waals surface area contributed by atoms with E-state index in [9.17, 15) is 9.50 Å². The van der Waals surface area contributed by atoms with Crippen molar-refractivity contribution in [3.63, 3.8) is 0 Å². The number of halogens is 2. The zero-order chi connectivity index (χ0) is 13.4. The van der Waals surface area contributed by atoms with E-state index >= 15 is 0 Å². The highest BCUT2D eigenvalue weighted by Gasteiger charge is 2.16. The maximum Gasteiger partial charge on any atom is 0.123 e. The average Bonchev–Trinajstić information content (AvgIpc) is 2.57. The van der Waals surface area contributed by atoms with Crippen LogP contribution in [0.15, 0.2) is 18.2 Å². The third-order valence-electron chi connectivity index (χ3n) is 2.87. The molecule has 1 heterocycles. The first kappa shape index (κ1) is 13.1. The van der Waals surface area contributed by atoms with Crippen LogP contribution >= 0.6 is 11.6 Å². The lowest BCUT2D eigenvalue weighted by atomic mass is 10.1. The second-order valence-corrected chi connectivity index (χ2v) is 4.65. The van der Waals surface area contributed by atoms with Gasteiger partial charge in [-0.2, -0.15) is 5.10 Å². The van der Waals surface area contributed by atoms with Crippen molar-refractivity contribution < 1.29 is 9.50 Å². The maximum absolute atomic E-state index is 13.2. The topological polar surface area (TPSA) is 38.0 Å². The van der Waals surface area contributed by atoms with Gasteiger partial charge in [-0.15, -0.1) is 0 Å². The Labute approximate surface area is 110 Å². The van der Waals surface area contributed by atoms with Crippen LogP contribution in [0.5, 0.6) is 0 Å². The second kappa shape index (κ2) is 4.71. The lowest BCUT2D eigenvalue weighted by Gasteiger charge is -2.13. The summed E-state index contributed by atoms with van der Waals surface area (Å²) < 4.78 is 14.9. The smallest absolute Gasteiger partial charge is 0.123 e. The van der Waals surface area contributed by atoms with E-state index in [0.717, 1.165) is 5.69 Å². The molecule has 0 aliphatic heterocycles. The average molecular weight is 269 g/mol. The van der Waals surface area contributed by atoms with Gasteiger partial charge in [0, 0.05) is 5.56 Å². The third-order valence-corrected chi connectivity index (χ3v) is 3.42. The van der Waals surface area contributed by atoms with Crippen LogP contribution in [0.4, 0.5) is 4.39 Å². The molecule has 1 aromatic heterocycles. The van der Waals surface area contributed by atoms with Crippen LogP contribution in [0.3, 0.4) is 0 Å². The number of benzene rings is 1. The molecule has 0 fully saturated rings. The summed E-state index contributed by atoms with van der Waals surface area (Å²) in [6, 6.07) is 4.24. The Balaban J connectivity index is 2.67. The molecular formula is C13H14ClFN2O. The van der Waals surface area contributed by atoms with Crippen molar-refractivity contribution in [2.75, 3.05) is 0 Å². The Bertz CT molecular complexity index is 593. The molecule has 0 spiro atoms. The van der Waals surface area contributed by atoms with Crippen LogP contribution in [-0.2, 0) is 0 Å². The van der Waals surface area contributed by atoms with Gasteiger partial charge in [-0.05, 0) is 39.0 Å². The zero-order valence-electron chi connectivity index (χ0n) is 10.4. The van der Waals surface area contributed by atoms with Crippen LogP contribution in [0.25, 0.3) is 5.69 Å². The van der Waals surface area contributed by atoms with Gasteiger partial charge in [0.1, 0.15) is 5.82 Å². The fourth-order valence-electron chi connectivity index (χ4n) is 1.91. The first-order chi connectivity index (χ1) is 8.41. The normalized spacial score (nSPS) is 12.8. The molecule has 0 radical (unpaired) electrons. The molecule has 2 rings (SSSR count). The predicted molar refractivity (Wildman–Crippen MR) is 68.6 cm³/mol. The van der Waals surface area contributed by atoms with Crippen LogP contribution in [0.2, 0.25) is 5.02 Å². The van der Waals surface area contributed by atoms with Crippen molar-refractivity contribution in [2.24, 2.45) is 0 Å². The standard InChI is InChI=1S/C13H14ClFN2O/c1-7-13(14)8(2)17(16-7)12-5-4-10(15)6-11(12)9(3)18/h4-6,9,18H,1-3H3. The minimum absolute atomic E-state index is 0.387. The Morgan fingerprint density at radius 2 is 2.06 bits per heavy atom. The van der Waals surface area contributed by atoms with Gasteiger partial charge in [-0.1, -0.05) is 11.6 Å².